The fraction of sp³-hybridized carbons (Fsp3) is 0.258. The second kappa shape index (κ2) is 11.2. The molecule has 0 saturated carbocycles. The Bertz CT molecular complexity index is 1330. The molecule has 4 aromatic rings. The van der Waals surface area contributed by atoms with Crippen molar-refractivity contribution >= 4 is 11.8 Å². The number of benzene rings is 3. The van der Waals surface area contributed by atoms with Gasteiger partial charge in [0, 0.05) is 37.3 Å². The van der Waals surface area contributed by atoms with Gasteiger partial charge in [-0.3, -0.25) is 9.59 Å². The Morgan fingerprint density at radius 2 is 1.49 bits per heavy atom. The highest BCUT2D eigenvalue weighted by Gasteiger charge is 2.31. The van der Waals surface area contributed by atoms with Crippen LogP contribution in [0.5, 0.6) is 0 Å². The minimum absolute atomic E-state index is 0.0133. The number of aromatic nitrogens is 2. The summed E-state index contributed by atoms with van der Waals surface area (Å²) < 4.78 is 1.78. The molecular weight excluding hydrogens is 460 g/mol. The van der Waals surface area contributed by atoms with Crippen molar-refractivity contribution in [3.63, 3.8) is 0 Å². The number of likely N-dealkylation sites (tertiary alicyclic amines) is 1. The zero-order valence-corrected chi connectivity index (χ0v) is 21.1. The quantitative estimate of drug-likeness (QED) is 0.379. The van der Waals surface area contributed by atoms with Crippen molar-refractivity contribution in [1.29, 1.82) is 0 Å². The minimum atomic E-state index is -0.0957. The number of carbonyl (C=O) groups is 2. The third-order valence-corrected chi connectivity index (χ3v) is 7.27. The van der Waals surface area contributed by atoms with Gasteiger partial charge in [-0.25, -0.2) is 4.68 Å². The first-order valence-electron chi connectivity index (χ1n) is 12.9. The van der Waals surface area contributed by atoms with Crippen molar-refractivity contribution in [2.75, 3.05) is 13.1 Å². The maximum Gasteiger partial charge on any atom is 0.257 e. The van der Waals surface area contributed by atoms with Crippen molar-refractivity contribution in [2.45, 2.75) is 26.3 Å². The summed E-state index contributed by atoms with van der Waals surface area (Å²) in [7, 11) is 0. The number of rotatable bonds is 7. The van der Waals surface area contributed by atoms with E-state index in [2.05, 4.69) is 5.32 Å². The number of hydrogen-bond donors (Lipinski definition) is 1. The van der Waals surface area contributed by atoms with Crippen molar-refractivity contribution in [3.05, 3.63) is 108 Å². The van der Waals surface area contributed by atoms with E-state index in [4.69, 9.17) is 5.10 Å². The van der Waals surface area contributed by atoms with Gasteiger partial charge in [-0.15, -0.1) is 0 Å². The average Bonchev–Trinajstić information content (AvgIpc) is 3.42. The topological polar surface area (TPSA) is 67.2 Å². The van der Waals surface area contributed by atoms with Crippen LogP contribution in [0.2, 0.25) is 0 Å². The SMILES string of the molecule is C[C@@H](C(=O)NCc1ccccc1)C1CCN(C(=O)c2cn(-c3ccccc3)nc2-c2ccccc2)CC1. The molecule has 0 aliphatic carbocycles. The zero-order chi connectivity index (χ0) is 25.6. The van der Waals surface area contributed by atoms with E-state index in [0.717, 1.165) is 29.7 Å². The summed E-state index contributed by atoms with van der Waals surface area (Å²) >= 11 is 0. The molecule has 37 heavy (non-hydrogen) atoms. The zero-order valence-electron chi connectivity index (χ0n) is 21.1. The van der Waals surface area contributed by atoms with Gasteiger partial charge in [0.1, 0.15) is 5.69 Å². The lowest BCUT2D eigenvalue weighted by Gasteiger charge is -2.34. The van der Waals surface area contributed by atoms with E-state index in [1.807, 2.05) is 109 Å². The number of amides is 2. The van der Waals surface area contributed by atoms with E-state index >= 15 is 0 Å². The van der Waals surface area contributed by atoms with E-state index in [0.29, 0.717) is 30.9 Å². The van der Waals surface area contributed by atoms with Crippen LogP contribution in [-0.2, 0) is 11.3 Å². The first-order chi connectivity index (χ1) is 18.1. The third-order valence-electron chi connectivity index (χ3n) is 7.27. The van der Waals surface area contributed by atoms with Crippen LogP contribution in [0.1, 0.15) is 35.7 Å². The Labute approximate surface area is 217 Å². The van der Waals surface area contributed by atoms with Crippen LogP contribution in [-0.4, -0.2) is 39.6 Å². The Morgan fingerprint density at radius 1 is 0.892 bits per heavy atom. The molecule has 0 spiro atoms. The fourth-order valence-electron chi connectivity index (χ4n) is 4.99. The van der Waals surface area contributed by atoms with Gasteiger partial charge in [-0.1, -0.05) is 85.8 Å². The van der Waals surface area contributed by atoms with E-state index in [1.165, 1.54) is 0 Å². The van der Waals surface area contributed by atoms with Crippen molar-refractivity contribution in [1.82, 2.24) is 20.0 Å². The Hall–Kier alpha value is -4.19. The fourth-order valence-corrected chi connectivity index (χ4v) is 4.99. The predicted octanol–water partition coefficient (Wildman–Crippen LogP) is 5.34. The van der Waals surface area contributed by atoms with E-state index in [-0.39, 0.29) is 23.7 Å². The molecular formula is C31H32N4O2. The van der Waals surface area contributed by atoms with E-state index in [1.54, 1.807) is 4.68 Å². The maximum atomic E-state index is 13.7. The Morgan fingerprint density at radius 3 is 2.14 bits per heavy atom. The van der Waals surface area contributed by atoms with Crippen LogP contribution in [0.25, 0.3) is 16.9 Å². The molecule has 0 bridgehead atoms. The number of nitrogens with one attached hydrogen (secondary N) is 1. The van der Waals surface area contributed by atoms with Crippen LogP contribution in [0.15, 0.2) is 97.2 Å². The highest BCUT2D eigenvalue weighted by atomic mass is 16.2. The van der Waals surface area contributed by atoms with Gasteiger partial charge in [0.2, 0.25) is 5.91 Å². The normalized spacial score (nSPS) is 14.8. The summed E-state index contributed by atoms with van der Waals surface area (Å²) in [4.78, 5) is 28.4. The van der Waals surface area contributed by atoms with Crippen molar-refractivity contribution in [3.8, 4) is 16.9 Å². The van der Waals surface area contributed by atoms with E-state index < -0.39 is 0 Å². The lowest BCUT2D eigenvalue weighted by Crippen LogP contribution is -2.42. The molecule has 0 unspecified atom stereocenters. The van der Waals surface area contributed by atoms with Crippen LogP contribution < -0.4 is 5.32 Å². The van der Waals surface area contributed by atoms with E-state index in [9.17, 15) is 9.59 Å². The van der Waals surface area contributed by atoms with Crippen LogP contribution >= 0.6 is 0 Å². The number of piperidine rings is 1. The molecule has 2 heterocycles. The van der Waals surface area contributed by atoms with Gasteiger partial charge in [0.25, 0.3) is 5.91 Å². The molecule has 5 rings (SSSR count). The molecule has 1 aliphatic rings. The minimum Gasteiger partial charge on any atom is -0.352 e. The summed E-state index contributed by atoms with van der Waals surface area (Å²) in [6, 6.07) is 29.6. The Balaban J connectivity index is 1.26. The molecule has 1 atom stereocenters. The standard InChI is InChI=1S/C31H32N4O2/c1-23(30(36)32-21-24-11-5-2-6-12-24)25-17-19-34(20-18-25)31(37)28-22-35(27-15-9-4-10-16-27)33-29(28)26-13-7-3-8-14-26/h2-16,22-23,25H,17-21H2,1H3,(H,32,36)/t23-/m1/s1. The molecule has 6 nitrogen and oxygen atoms in total. The van der Waals surface area contributed by atoms with Gasteiger partial charge in [0.15, 0.2) is 0 Å². The van der Waals surface area contributed by atoms with Gasteiger partial charge in [0.05, 0.1) is 11.3 Å². The molecule has 1 aromatic heterocycles. The average molecular weight is 493 g/mol. The van der Waals surface area contributed by atoms with Gasteiger partial charge < -0.3 is 10.2 Å². The maximum absolute atomic E-state index is 13.7. The van der Waals surface area contributed by atoms with Gasteiger partial charge >= 0.3 is 0 Å². The van der Waals surface area contributed by atoms with Crippen molar-refractivity contribution < 1.29 is 9.59 Å². The lowest BCUT2D eigenvalue weighted by molar-refractivity contribution is -0.126. The summed E-state index contributed by atoms with van der Waals surface area (Å²) in [5, 5.41) is 7.86. The Kier molecular flexibility index (Phi) is 7.45. The first kappa shape index (κ1) is 24.5. The molecule has 0 radical (unpaired) electrons. The highest BCUT2D eigenvalue weighted by Crippen LogP contribution is 2.29. The van der Waals surface area contributed by atoms with Crippen LogP contribution in [0.3, 0.4) is 0 Å². The largest absolute Gasteiger partial charge is 0.352 e. The number of hydrogen-bond acceptors (Lipinski definition) is 3. The monoisotopic (exact) mass is 492 g/mol. The molecule has 2 amide bonds. The second-order valence-electron chi connectivity index (χ2n) is 9.66. The number of nitrogens with zero attached hydrogens (tertiary/aromatic N) is 3. The number of carbonyl (C=O) groups excluding carboxylic acids is 2. The number of para-hydroxylation sites is 1. The predicted molar refractivity (Wildman–Crippen MR) is 145 cm³/mol. The van der Waals surface area contributed by atoms with Gasteiger partial charge in [-0.2, -0.15) is 5.10 Å². The molecule has 1 fully saturated rings. The molecule has 188 valence electrons. The summed E-state index contributed by atoms with van der Waals surface area (Å²) in [5.41, 5.74) is 4.20. The van der Waals surface area contributed by atoms with Crippen molar-refractivity contribution in [2.24, 2.45) is 11.8 Å². The smallest absolute Gasteiger partial charge is 0.257 e. The summed E-state index contributed by atoms with van der Waals surface area (Å²) in [6.07, 6.45) is 3.45. The third kappa shape index (κ3) is 5.64. The van der Waals surface area contributed by atoms with Gasteiger partial charge in [-0.05, 0) is 36.5 Å². The molecule has 3 aromatic carbocycles. The summed E-state index contributed by atoms with van der Waals surface area (Å²) in [5.74, 6) is 0.215. The first-order valence-corrected chi connectivity index (χ1v) is 12.9. The second-order valence-corrected chi connectivity index (χ2v) is 9.66. The molecule has 1 N–H and O–H groups in total. The highest BCUT2D eigenvalue weighted by molar-refractivity contribution is 6.00. The molecule has 1 aliphatic heterocycles. The van der Waals surface area contributed by atoms with Crippen LogP contribution in [0, 0.1) is 11.8 Å². The summed E-state index contributed by atoms with van der Waals surface area (Å²) in [6.45, 7) is 3.80. The molecule has 6 heteroatoms. The molecule has 1 saturated heterocycles. The lowest BCUT2D eigenvalue weighted by atomic mass is 9.84. The van der Waals surface area contributed by atoms with Crippen LogP contribution in [0.4, 0.5) is 0 Å².